The lowest BCUT2D eigenvalue weighted by molar-refractivity contribution is -0.0502. The topological polar surface area (TPSA) is 76.3 Å². The Morgan fingerprint density at radius 2 is 1.32 bits per heavy atom. The average molecular weight is 604 g/mol. The lowest BCUT2D eigenvalue weighted by atomic mass is 10.1. The van der Waals surface area contributed by atoms with Crippen LogP contribution in [0.5, 0.6) is 6.01 Å². The van der Waals surface area contributed by atoms with Crippen LogP contribution >= 0.6 is 0 Å². The van der Waals surface area contributed by atoms with E-state index in [1.54, 1.807) is 0 Å². The molecule has 0 saturated carbocycles. The van der Waals surface area contributed by atoms with Crippen molar-refractivity contribution in [3.8, 4) is 6.01 Å². The van der Waals surface area contributed by atoms with Gasteiger partial charge in [-0.15, -0.1) is 0 Å². The Bertz CT molecular complexity index is 972. The van der Waals surface area contributed by atoms with E-state index < -0.39 is 47.7 Å². The maximum Gasteiger partial charge on any atom is 0.286 e. The van der Waals surface area contributed by atoms with Gasteiger partial charge in [0, 0.05) is 6.20 Å². The molecule has 0 aliphatic carbocycles. The molecule has 0 aromatic carbocycles. The Labute approximate surface area is 230 Å². The molecule has 4 atom stereocenters. The first-order chi connectivity index (χ1) is 16.4. The fourth-order valence-electron chi connectivity index (χ4n) is 3.84. The van der Waals surface area contributed by atoms with Crippen LogP contribution in [0.3, 0.4) is 0 Å². The van der Waals surface area contributed by atoms with Crippen LogP contribution in [0.2, 0.25) is 98.2 Å². The largest absolute Gasteiger partial charge is 0.519 e. The molecule has 1 fully saturated rings. The highest BCUT2D eigenvalue weighted by molar-refractivity contribution is 6.74. The molecule has 37 heavy (non-hydrogen) atoms. The fourth-order valence-corrected chi connectivity index (χ4v) is 8.18. The predicted molar refractivity (Wildman–Crippen MR) is 165 cm³/mol. The van der Waals surface area contributed by atoms with Gasteiger partial charge >= 0.3 is 0 Å². The molecule has 13 heteroatoms. The van der Waals surface area contributed by atoms with Gasteiger partial charge in [0.25, 0.3) is 6.01 Å². The van der Waals surface area contributed by atoms with Crippen molar-refractivity contribution >= 4 is 41.5 Å². The fraction of sp³-hybridized carbons (Fsp3) is 0.833. The van der Waals surface area contributed by atoms with E-state index in [1.165, 1.54) is 0 Å². The van der Waals surface area contributed by atoms with Crippen LogP contribution in [0, 0.1) is 0 Å². The smallest absolute Gasteiger partial charge is 0.286 e. The Morgan fingerprint density at radius 1 is 0.784 bits per heavy atom. The van der Waals surface area contributed by atoms with Crippen molar-refractivity contribution in [1.82, 2.24) is 9.55 Å². The zero-order chi connectivity index (χ0) is 28.6. The van der Waals surface area contributed by atoms with Crippen LogP contribution in [-0.4, -0.2) is 76.0 Å². The maximum atomic E-state index is 6.84. The van der Waals surface area contributed by atoms with E-state index in [-0.39, 0.29) is 18.3 Å². The first-order valence-electron chi connectivity index (χ1n) is 13.4. The van der Waals surface area contributed by atoms with Crippen molar-refractivity contribution in [2.45, 2.75) is 123 Å². The van der Waals surface area contributed by atoms with Gasteiger partial charge in [-0.05, 0) is 104 Å². The minimum Gasteiger partial charge on any atom is -0.519 e. The molecule has 1 aliphatic rings. The minimum absolute atomic E-state index is 0.238. The molecule has 214 valence electrons. The van der Waals surface area contributed by atoms with Crippen LogP contribution in [0.25, 0.3) is 0 Å². The normalized spacial score (nSPS) is 24.6. The SMILES string of the molecule is C[Si](C)(C)/N=c1\ccn(C2OC(CO[Si](C)(C)C)C(O[Si](C)(C)C)C2O[Si](C)(C)C)c(O[Si](C)(C)C)n1. The number of aromatic nitrogens is 2. The molecule has 1 aliphatic heterocycles. The second-order valence-corrected chi connectivity index (χ2v) is 37.3. The monoisotopic (exact) mass is 603 g/mol. The van der Waals surface area contributed by atoms with Gasteiger partial charge in [0.15, 0.2) is 39.4 Å². The predicted octanol–water partition coefficient (Wildman–Crippen LogP) is 6.02. The van der Waals surface area contributed by atoms with E-state index in [2.05, 4.69) is 98.2 Å². The number of ether oxygens (including phenoxy) is 1. The molecule has 2 rings (SSSR count). The first-order valence-corrected chi connectivity index (χ1v) is 30.5. The lowest BCUT2D eigenvalue weighted by Gasteiger charge is -2.35. The summed E-state index contributed by atoms with van der Waals surface area (Å²) in [6, 6.07) is 2.50. The molecule has 0 spiro atoms. The van der Waals surface area contributed by atoms with Gasteiger partial charge in [0.1, 0.15) is 23.8 Å². The quantitative estimate of drug-likeness (QED) is 0.288. The van der Waals surface area contributed by atoms with Gasteiger partial charge in [-0.1, -0.05) is 0 Å². The van der Waals surface area contributed by atoms with E-state index in [1.807, 2.05) is 16.8 Å². The molecule has 0 bridgehead atoms. The third-order valence-corrected chi connectivity index (χ3v) is 9.57. The van der Waals surface area contributed by atoms with Crippen molar-refractivity contribution < 1.29 is 22.4 Å². The van der Waals surface area contributed by atoms with Crippen LogP contribution < -0.4 is 9.91 Å². The molecule has 0 amide bonds. The van der Waals surface area contributed by atoms with Crippen molar-refractivity contribution in [3.63, 3.8) is 0 Å². The summed E-state index contributed by atoms with van der Waals surface area (Å²) in [5.74, 6) is 0. The molecule has 8 nitrogen and oxygen atoms in total. The van der Waals surface area contributed by atoms with E-state index in [0.717, 1.165) is 0 Å². The van der Waals surface area contributed by atoms with E-state index in [9.17, 15) is 0 Å². The van der Waals surface area contributed by atoms with Crippen LogP contribution in [0.4, 0.5) is 0 Å². The van der Waals surface area contributed by atoms with Crippen molar-refractivity contribution in [2.24, 2.45) is 4.66 Å². The van der Waals surface area contributed by atoms with E-state index in [0.29, 0.717) is 18.1 Å². The van der Waals surface area contributed by atoms with Gasteiger partial charge in [-0.25, -0.2) is 0 Å². The van der Waals surface area contributed by atoms with Gasteiger partial charge in [-0.3, -0.25) is 4.57 Å². The molecule has 4 unspecified atom stereocenters. The highest BCUT2D eigenvalue weighted by atomic mass is 28.4. The summed E-state index contributed by atoms with van der Waals surface area (Å²) in [6.45, 7) is 33.4. The zero-order valence-corrected chi connectivity index (χ0v) is 31.1. The molecule has 1 saturated heterocycles. The number of nitrogens with zero attached hydrogens (tertiary/aromatic N) is 3. The average Bonchev–Trinajstić information content (AvgIpc) is 2.91. The minimum atomic E-state index is -1.99. The van der Waals surface area contributed by atoms with Crippen LogP contribution in [0.1, 0.15) is 6.23 Å². The summed E-state index contributed by atoms with van der Waals surface area (Å²) in [7, 11) is -9.36. The summed E-state index contributed by atoms with van der Waals surface area (Å²) in [5.41, 5.74) is 0.706. The molecular formula is C24H53N3O5Si5. The first kappa shape index (κ1) is 32.8. The van der Waals surface area contributed by atoms with Gasteiger partial charge < -0.3 is 27.1 Å². The summed E-state index contributed by atoms with van der Waals surface area (Å²) < 4.78 is 40.2. The van der Waals surface area contributed by atoms with Crippen molar-refractivity contribution in [2.75, 3.05) is 6.61 Å². The summed E-state index contributed by atoms with van der Waals surface area (Å²) in [6.07, 6.45) is 0.772. The second-order valence-electron chi connectivity index (χ2n) is 14.9. The molecule has 2 heterocycles. The highest BCUT2D eigenvalue weighted by Crippen LogP contribution is 2.39. The number of rotatable bonds is 11. The summed E-state index contributed by atoms with van der Waals surface area (Å²) >= 11 is 0. The van der Waals surface area contributed by atoms with Gasteiger partial charge in [0.2, 0.25) is 8.32 Å². The van der Waals surface area contributed by atoms with E-state index in [4.69, 9.17) is 32.1 Å². The lowest BCUT2D eigenvalue weighted by Crippen LogP contribution is -2.48. The van der Waals surface area contributed by atoms with E-state index >= 15 is 0 Å². The third kappa shape index (κ3) is 11.7. The Kier molecular flexibility index (Phi) is 10.3. The Hall–Kier alpha value is -0.396. The second kappa shape index (κ2) is 11.6. The van der Waals surface area contributed by atoms with Crippen LogP contribution in [0.15, 0.2) is 16.9 Å². The van der Waals surface area contributed by atoms with Gasteiger partial charge in [-0.2, -0.15) is 4.98 Å². The molecule has 0 N–H and O–H groups in total. The van der Waals surface area contributed by atoms with Gasteiger partial charge in [0.05, 0.1) is 6.61 Å². The molecule has 1 aromatic heterocycles. The molecular weight excluding hydrogens is 551 g/mol. The number of hydrogen-bond acceptors (Lipinski definition) is 7. The highest BCUT2D eigenvalue weighted by Gasteiger charge is 2.50. The third-order valence-electron chi connectivity index (χ3n) is 4.88. The zero-order valence-electron chi connectivity index (χ0n) is 26.1. The van der Waals surface area contributed by atoms with Crippen molar-refractivity contribution in [3.05, 3.63) is 17.8 Å². The summed E-state index contributed by atoms with van der Waals surface area (Å²) in [5, 5.41) is 0. The van der Waals surface area contributed by atoms with Crippen LogP contribution in [-0.2, 0) is 18.0 Å². The molecule has 0 radical (unpaired) electrons. The Balaban J connectivity index is 2.66. The Morgan fingerprint density at radius 3 is 1.78 bits per heavy atom. The standard InChI is InChI=1S/C24H53N3O5Si5/c1-33(2,3)26-20-16-17-27(24(25-20)32-37(13,14)15)23-22(31-36(10,11)12)21(30-35(7,8)9)19(29-23)18-28-34(4,5)6/h16-17,19,21-23H,18H2,1-15H3/b26-20+. The number of hydrogen-bond donors (Lipinski definition) is 0. The molecule has 1 aromatic rings. The maximum absolute atomic E-state index is 6.84. The summed E-state index contributed by atoms with van der Waals surface area (Å²) in [4.78, 5) is 4.89. The van der Waals surface area contributed by atoms with Crippen molar-refractivity contribution in [1.29, 1.82) is 0 Å².